The van der Waals surface area contributed by atoms with Gasteiger partial charge in [0.05, 0.1) is 21.1 Å². The Labute approximate surface area is 90.4 Å². The van der Waals surface area contributed by atoms with E-state index in [1.807, 2.05) is 25.4 Å². The molecular formula is C11H11NO2S. The molecule has 1 atom stereocenters. The number of pyridine rings is 1. The number of fused-ring (bicyclic) bond motifs is 1. The summed E-state index contributed by atoms with van der Waals surface area (Å²) in [5.74, 6) is -0.0395. The van der Waals surface area contributed by atoms with E-state index in [0.717, 1.165) is 5.39 Å². The van der Waals surface area contributed by atoms with Gasteiger partial charge >= 0.3 is 0 Å². The topological polar surface area (TPSA) is 44.0 Å². The van der Waals surface area contributed by atoms with Crippen molar-refractivity contribution in [1.82, 2.24) is 0 Å². The first-order valence-corrected chi connectivity index (χ1v) is 6.09. The van der Waals surface area contributed by atoms with Crippen molar-refractivity contribution in [3.63, 3.8) is 0 Å². The fourth-order valence-electron chi connectivity index (χ4n) is 1.69. The third kappa shape index (κ3) is 1.61. The quantitative estimate of drug-likeness (QED) is 0.657. The van der Waals surface area contributed by atoms with E-state index in [-0.39, 0.29) is 5.75 Å². The van der Waals surface area contributed by atoms with Gasteiger partial charge in [-0.3, -0.25) is 4.21 Å². The zero-order valence-electron chi connectivity index (χ0n) is 8.56. The molecule has 0 radical (unpaired) electrons. The minimum Gasteiger partial charge on any atom is -0.868 e. The molecule has 0 spiro atoms. The van der Waals surface area contributed by atoms with Gasteiger partial charge in [0.1, 0.15) is 7.05 Å². The van der Waals surface area contributed by atoms with Crippen molar-refractivity contribution in [1.29, 1.82) is 0 Å². The summed E-state index contributed by atoms with van der Waals surface area (Å²) in [4.78, 5) is 0.709. The van der Waals surface area contributed by atoms with Gasteiger partial charge in [0.25, 0.3) is 0 Å². The average Bonchev–Trinajstić information content (AvgIpc) is 2.17. The lowest BCUT2D eigenvalue weighted by molar-refractivity contribution is -0.646. The first kappa shape index (κ1) is 10.1. The molecule has 1 aromatic heterocycles. The molecule has 1 aromatic carbocycles. The van der Waals surface area contributed by atoms with Crippen LogP contribution in [0.25, 0.3) is 10.9 Å². The van der Waals surface area contributed by atoms with Gasteiger partial charge in [0.15, 0.2) is 6.20 Å². The summed E-state index contributed by atoms with van der Waals surface area (Å²) in [6.07, 6.45) is 3.43. The Morgan fingerprint density at radius 3 is 2.73 bits per heavy atom. The van der Waals surface area contributed by atoms with Gasteiger partial charge in [-0.2, -0.15) is 0 Å². The molecule has 15 heavy (non-hydrogen) atoms. The summed E-state index contributed by atoms with van der Waals surface area (Å²) in [5.41, 5.74) is 0.602. The molecular weight excluding hydrogens is 210 g/mol. The van der Waals surface area contributed by atoms with E-state index in [9.17, 15) is 9.32 Å². The molecule has 3 nitrogen and oxygen atoms in total. The number of hydrogen-bond acceptors (Lipinski definition) is 2. The maximum atomic E-state index is 11.7. The second-order valence-corrected chi connectivity index (χ2v) is 4.75. The summed E-state index contributed by atoms with van der Waals surface area (Å²) in [6.45, 7) is 0. The van der Waals surface area contributed by atoms with Crippen LogP contribution in [0.1, 0.15) is 0 Å². The van der Waals surface area contributed by atoms with Crippen LogP contribution in [0, 0.1) is 0 Å². The summed E-state index contributed by atoms with van der Waals surface area (Å²) in [5, 5.41) is 12.4. The molecule has 0 saturated carbocycles. The van der Waals surface area contributed by atoms with Crippen LogP contribution in [-0.4, -0.2) is 10.5 Å². The van der Waals surface area contributed by atoms with Gasteiger partial charge in [0, 0.05) is 12.3 Å². The second kappa shape index (κ2) is 3.62. The van der Waals surface area contributed by atoms with Gasteiger partial charge in [-0.15, -0.1) is 0 Å². The Kier molecular flexibility index (Phi) is 2.44. The van der Waals surface area contributed by atoms with E-state index in [4.69, 9.17) is 0 Å². The van der Waals surface area contributed by atoms with Gasteiger partial charge in [-0.25, -0.2) is 4.57 Å². The van der Waals surface area contributed by atoms with Gasteiger partial charge in [-0.05, 0) is 17.9 Å². The van der Waals surface area contributed by atoms with Crippen molar-refractivity contribution in [2.24, 2.45) is 7.05 Å². The van der Waals surface area contributed by atoms with Crippen LogP contribution in [0.3, 0.4) is 0 Å². The van der Waals surface area contributed by atoms with Crippen LogP contribution >= 0.6 is 0 Å². The van der Waals surface area contributed by atoms with Gasteiger partial charge < -0.3 is 5.11 Å². The molecule has 1 unspecified atom stereocenters. The lowest BCUT2D eigenvalue weighted by Crippen LogP contribution is -2.29. The summed E-state index contributed by atoms with van der Waals surface area (Å²) in [6, 6.07) is 6.78. The molecule has 0 aliphatic rings. The highest BCUT2D eigenvalue weighted by Gasteiger charge is 2.11. The molecule has 2 rings (SSSR count). The highest BCUT2D eigenvalue weighted by atomic mass is 32.2. The van der Waals surface area contributed by atoms with Crippen molar-refractivity contribution in [2.45, 2.75) is 4.90 Å². The average molecular weight is 221 g/mol. The third-order valence-electron chi connectivity index (χ3n) is 2.38. The van der Waals surface area contributed by atoms with Crippen LogP contribution < -0.4 is 9.67 Å². The molecule has 0 aliphatic carbocycles. The SMILES string of the molecule is C[n+]1cccc2c(S(C)=O)ccc([O-])c21. The van der Waals surface area contributed by atoms with Gasteiger partial charge in [0.2, 0.25) is 5.52 Å². The number of aryl methyl sites for hydroxylation is 1. The number of hydrogen-bond donors (Lipinski definition) is 0. The fourth-order valence-corrected chi connectivity index (χ4v) is 2.42. The van der Waals surface area contributed by atoms with E-state index < -0.39 is 10.8 Å². The minimum atomic E-state index is -1.07. The van der Waals surface area contributed by atoms with Crippen molar-refractivity contribution in [3.8, 4) is 5.75 Å². The van der Waals surface area contributed by atoms with Crippen molar-refractivity contribution in [3.05, 3.63) is 30.5 Å². The standard InChI is InChI=1S/C11H11NO2S/c1-12-7-3-4-8-10(15(2)14)6-5-9(13)11(8)12/h3-7H,1-2H3. The normalized spacial score (nSPS) is 12.9. The van der Waals surface area contributed by atoms with E-state index in [0.29, 0.717) is 10.4 Å². The Morgan fingerprint density at radius 1 is 1.33 bits per heavy atom. The Morgan fingerprint density at radius 2 is 2.07 bits per heavy atom. The molecule has 78 valence electrons. The predicted molar refractivity (Wildman–Crippen MR) is 56.9 cm³/mol. The van der Waals surface area contributed by atoms with Crippen molar-refractivity contribution in [2.75, 3.05) is 6.26 Å². The fraction of sp³-hybridized carbons (Fsp3) is 0.182. The molecule has 0 aliphatic heterocycles. The zero-order chi connectivity index (χ0) is 11.0. The molecule has 2 aromatic rings. The van der Waals surface area contributed by atoms with Crippen LogP contribution in [0.5, 0.6) is 5.75 Å². The molecule has 0 saturated heterocycles. The first-order chi connectivity index (χ1) is 7.11. The summed E-state index contributed by atoms with van der Waals surface area (Å²) in [7, 11) is 0.739. The van der Waals surface area contributed by atoms with Gasteiger partial charge in [-0.1, -0.05) is 6.07 Å². The Bertz CT molecular complexity index is 543. The Balaban J connectivity index is 2.95. The number of benzene rings is 1. The summed E-state index contributed by atoms with van der Waals surface area (Å²) < 4.78 is 13.2. The number of rotatable bonds is 1. The monoisotopic (exact) mass is 221 g/mol. The predicted octanol–water partition coefficient (Wildman–Crippen LogP) is 0.475. The third-order valence-corrected chi connectivity index (χ3v) is 3.35. The largest absolute Gasteiger partial charge is 0.868 e. The highest BCUT2D eigenvalue weighted by molar-refractivity contribution is 7.84. The number of nitrogens with zero attached hydrogens (tertiary/aromatic N) is 1. The molecule has 0 bridgehead atoms. The van der Waals surface area contributed by atoms with Crippen LogP contribution in [-0.2, 0) is 17.8 Å². The Hall–Kier alpha value is -1.42. The van der Waals surface area contributed by atoms with E-state index in [1.54, 1.807) is 16.9 Å². The lowest BCUT2D eigenvalue weighted by Gasteiger charge is -2.09. The highest BCUT2D eigenvalue weighted by Crippen LogP contribution is 2.24. The minimum absolute atomic E-state index is 0.0395. The van der Waals surface area contributed by atoms with Crippen LogP contribution in [0.2, 0.25) is 0 Å². The maximum absolute atomic E-state index is 11.7. The second-order valence-electron chi connectivity index (χ2n) is 3.40. The van der Waals surface area contributed by atoms with E-state index in [2.05, 4.69) is 0 Å². The lowest BCUT2D eigenvalue weighted by atomic mass is 10.2. The van der Waals surface area contributed by atoms with Crippen molar-refractivity contribution >= 4 is 21.7 Å². The number of aromatic nitrogens is 1. The molecule has 0 amide bonds. The first-order valence-electron chi connectivity index (χ1n) is 4.53. The zero-order valence-corrected chi connectivity index (χ0v) is 9.38. The van der Waals surface area contributed by atoms with E-state index >= 15 is 0 Å². The summed E-state index contributed by atoms with van der Waals surface area (Å²) >= 11 is 0. The van der Waals surface area contributed by atoms with Crippen LogP contribution in [0.4, 0.5) is 0 Å². The van der Waals surface area contributed by atoms with Crippen molar-refractivity contribution < 1.29 is 13.9 Å². The molecule has 4 heteroatoms. The van der Waals surface area contributed by atoms with E-state index in [1.165, 1.54) is 6.07 Å². The van der Waals surface area contributed by atoms with Crippen LogP contribution in [0.15, 0.2) is 35.4 Å². The molecule has 0 N–H and O–H groups in total. The molecule has 1 heterocycles. The maximum Gasteiger partial charge on any atom is 0.205 e. The smallest absolute Gasteiger partial charge is 0.205 e. The molecule has 0 fully saturated rings.